The van der Waals surface area contributed by atoms with Crippen LogP contribution in [0.5, 0.6) is 0 Å². The van der Waals surface area contributed by atoms with Gasteiger partial charge in [0, 0.05) is 0 Å². The van der Waals surface area contributed by atoms with Crippen molar-refractivity contribution in [3.63, 3.8) is 0 Å². The number of hydrogen-bond donors (Lipinski definition) is 2. The van der Waals surface area contributed by atoms with Gasteiger partial charge in [-0.2, -0.15) is 0 Å². The smallest absolute Gasteiger partial charge is 0.0774 e. The fraction of sp³-hybridized carbons (Fsp3) is 0.538. The lowest BCUT2D eigenvalue weighted by Crippen LogP contribution is -2.13. The van der Waals surface area contributed by atoms with E-state index in [2.05, 4.69) is 32.9 Å². The average molecular weight is 208 g/mol. The van der Waals surface area contributed by atoms with Crippen molar-refractivity contribution in [1.29, 1.82) is 0 Å². The number of benzene rings is 1. The fourth-order valence-electron chi connectivity index (χ4n) is 2.01. The van der Waals surface area contributed by atoms with Crippen molar-refractivity contribution in [2.24, 2.45) is 0 Å². The summed E-state index contributed by atoms with van der Waals surface area (Å²) in [5, 5.41) is 18.1. The third kappa shape index (κ3) is 3.33. The van der Waals surface area contributed by atoms with Crippen LogP contribution in [-0.2, 0) is 6.42 Å². The molecule has 0 heterocycles. The number of aryl methyl sites for hydroxylation is 3. The minimum absolute atomic E-state index is 0.149. The van der Waals surface area contributed by atoms with Crippen LogP contribution in [0.15, 0.2) is 12.1 Å². The van der Waals surface area contributed by atoms with Gasteiger partial charge in [-0.25, -0.2) is 0 Å². The monoisotopic (exact) mass is 208 g/mol. The Labute approximate surface area is 91.6 Å². The van der Waals surface area contributed by atoms with Crippen LogP contribution in [0.1, 0.15) is 28.7 Å². The second kappa shape index (κ2) is 5.29. The summed E-state index contributed by atoms with van der Waals surface area (Å²) >= 11 is 0. The molecule has 0 spiro atoms. The zero-order valence-electron chi connectivity index (χ0n) is 9.75. The molecule has 0 aliphatic rings. The predicted octanol–water partition coefficient (Wildman–Crippen LogP) is 1.90. The molecule has 2 N–H and O–H groups in total. The van der Waals surface area contributed by atoms with E-state index in [0.717, 1.165) is 6.42 Å². The van der Waals surface area contributed by atoms with Gasteiger partial charge in [0.1, 0.15) is 0 Å². The Morgan fingerprint density at radius 2 is 1.67 bits per heavy atom. The molecule has 0 aromatic heterocycles. The molecular formula is C13H20O2. The second-order valence-electron chi connectivity index (χ2n) is 4.25. The maximum absolute atomic E-state index is 9.31. The number of aliphatic hydroxyl groups excluding tert-OH is 2. The molecule has 0 fully saturated rings. The Morgan fingerprint density at radius 1 is 1.13 bits per heavy atom. The minimum Gasteiger partial charge on any atom is -0.394 e. The summed E-state index contributed by atoms with van der Waals surface area (Å²) < 4.78 is 0. The first-order chi connectivity index (χ1) is 7.04. The molecule has 0 saturated carbocycles. The summed E-state index contributed by atoms with van der Waals surface area (Å²) in [6, 6.07) is 4.32. The number of hydrogen-bond acceptors (Lipinski definition) is 2. The van der Waals surface area contributed by atoms with E-state index in [1.165, 1.54) is 22.3 Å². The van der Waals surface area contributed by atoms with Crippen LogP contribution in [0.3, 0.4) is 0 Å². The molecule has 0 radical (unpaired) electrons. The molecule has 1 aromatic carbocycles. The van der Waals surface area contributed by atoms with Gasteiger partial charge in [0.15, 0.2) is 0 Å². The maximum Gasteiger partial charge on any atom is 0.0774 e. The van der Waals surface area contributed by atoms with Gasteiger partial charge < -0.3 is 10.2 Å². The highest BCUT2D eigenvalue weighted by atomic mass is 16.3. The first kappa shape index (κ1) is 12.2. The maximum atomic E-state index is 9.31. The van der Waals surface area contributed by atoms with E-state index < -0.39 is 6.10 Å². The molecule has 0 amide bonds. The highest BCUT2D eigenvalue weighted by Crippen LogP contribution is 2.18. The van der Waals surface area contributed by atoms with Gasteiger partial charge in [0.05, 0.1) is 12.7 Å². The molecule has 0 bridgehead atoms. The topological polar surface area (TPSA) is 40.5 Å². The van der Waals surface area contributed by atoms with Gasteiger partial charge in [-0.15, -0.1) is 0 Å². The van der Waals surface area contributed by atoms with Crippen molar-refractivity contribution in [2.75, 3.05) is 6.61 Å². The Balaban J connectivity index is 2.77. The summed E-state index contributed by atoms with van der Waals surface area (Å²) in [4.78, 5) is 0. The van der Waals surface area contributed by atoms with E-state index in [9.17, 15) is 5.11 Å². The summed E-state index contributed by atoms with van der Waals surface area (Å²) in [5.41, 5.74) is 5.12. The number of rotatable bonds is 4. The van der Waals surface area contributed by atoms with Gasteiger partial charge in [0.25, 0.3) is 0 Å². The molecule has 1 unspecified atom stereocenters. The predicted molar refractivity (Wildman–Crippen MR) is 62.1 cm³/mol. The highest BCUT2D eigenvalue weighted by molar-refractivity contribution is 5.37. The van der Waals surface area contributed by atoms with E-state index in [1.54, 1.807) is 0 Å². The molecule has 1 atom stereocenters. The lowest BCUT2D eigenvalue weighted by molar-refractivity contribution is 0.0885. The van der Waals surface area contributed by atoms with Crippen molar-refractivity contribution >= 4 is 0 Å². The van der Waals surface area contributed by atoms with Crippen molar-refractivity contribution in [2.45, 2.75) is 39.7 Å². The minimum atomic E-state index is -0.592. The molecule has 1 rings (SSSR count). The third-order valence-electron chi connectivity index (χ3n) is 2.78. The Bertz CT molecular complexity index is 308. The molecule has 0 saturated heterocycles. The van der Waals surface area contributed by atoms with Crippen LogP contribution >= 0.6 is 0 Å². The zero-order valence-corrected chi connectivity index (χ0v) is 9.75. The van der Waals surface area contributed by atoms with Gasteiger partial charge in [-0.1, -0.05) is 17.7 Å². The molecule has 2 heteroatoms. The highest BCUT2D eigenvalue weighted by Gasteiger charge is 2.07. The van der Waals surface area contributed by atoms with Crippen LogP contribution in [0.4, 0.5) is 0 Å². The van der Waals surface area contributed by atoms with E-state index in [1.807, 2.05) is 0 Å². The van der Waals surface area contributed by atoms with Crippen LogP contribution < -0.4 is 0 Å². The largest absolute Gasteiger partial charge is 0.394 e. The van der Waals surface area contributed by atoms with Crippen LogP contribution in [0.25, 0.3) is 0 Å². The normalized spacial score (nSPS) is 12.9. The third-order valence-corrected chi connectivity index (χ3v) is 2.78. The molecular weight excluding hydrogens is 188 g/mol. The van der Waals surface area contributed by atoms with Crippen LogP contribution in [-0.4, -0.2) is 22.9 Å². The quantitative estimate of drug-likeness (QED) is 0.793. The van der Waals surface area contributed by atoms with Crippen molar-refractivity contribution in [3.8, 4) is 0 Å². The van der Waals surface area contributed by atoms with E-state index in [-0.39, 0.29) is 6.61 Å². The molecule has 0 aliphatic heterocycles. The Kier molecular flexibility index (Phi) is 4.30. The first-order valence-electron chi connectivity index (χ1n) is 5.40. The molecule has 2 nitrogen and oxygen atoms in total. The molecule has 1 aromatic rings. The standard InChI is InChI=1S/C13H20O2/c1-9-6-10(2)13(11(3)7-9)5-4-12(15)8-14/h6-7,12,14-15H,4-5,8H2,1-3H3. The van der Waals surface area contributed by atoms with Crippen molar-refractivity contribution in [3.05, 3.63) is 34.4 Å². The SMILES string of the molecule is Cc1cc(C)c(CCC(O)CO)c(C)c1. The van der Waals surface area contributed by atoms with E-state index >= 15 is 0 Å². The Morgan fingerprint density at radius 3 is 2.13 bits per heavy atom. The summed E-state index contributed by atoms with van der Waals surface area (Å²) in [7, 11) is 0. The average Bonchev–Trinajstić information content (AvgIpc) is 2.15. The van der Waals surface area contributed by atoms with Crippen LogP contribution in [0, 0.1) is 20.8 Å². The van der Waals surface area contributed by atoms with Crippen LogP contribution in [0.2, 0.25) is 0 Å². The number of aliphatic hydroxyl groups is 2. The van der Waals surface area contributed by atoms with Gasteiger partial charge in [0.2, 0.25) is 0 Å². The molecule has 84 valence electrons. The van der Waals surface area contributed by atoms with Crippen molar-refractivity contribution < 1.29 is 10.2 Å². The lowest BCUT2D eigenvalue weighted by atomic mass is 9.95. The Hall–Kier alpha value is -0.860. The first-order valence-corrected chi connectivity index (χ1v) is 5.40. The summed E-state index contributed by atoms with van der Waals surface area (Å²) in [5.74, 6) is 0. The lowest BCUT2D eigenvalue weighted by Gasteiger charge is -2.13. The fourth-order valence-corrected chi connectivity index (χ4v) is 2.01. The van der Waals surface area contributed by atoms with Gasteiger partial charge in [-0.3, -0.25) is 0 Å². The molecule has 0 aliphatic carbocycles. The van der Waals surface area contributed by atoms with Gasteiger partial charge in [-0.05, 0) is 50.3 Å². The van der Waals surface area contributed by atoms with E-state index in [0.29, 0.717) is 6.42 Å². The zero-order chi connectivity index (χ0) is 11.4. The van der Waals surface area contributed by atoms with Crippen molar-refractivity contribution in [1.82, 2.24) is 0 Å². The summed E-state index contributed by atoms with van der Waals surface area (Å²) in [6.45, 7) is 6.14. The summed E-state index contributed by atoms with van der Waals surface area (Å²) in [6.07, 6.45) is 0.867. The van der Waals surface area contributed by atoms with Gasteiger partial charge >= 0.3 is 0 Å². The second-order valence-corrected chi connectivity index (χ2v) is 4.25. The van der Waals surface area contributed by atoms with E-state index in [4.69, 9.17) is 5.11 Å². The molecule has 15 heavy (non-hydrogen) atoms.